The zero-order valence-corrected chi connectivity index (χ0v) is 23.1. The summed E-state index contributed by atoms with van der Waals surface area (Å²) >= 11 is 0. The van der Waals surface area contributed by atoms with E-state index in [1.165, 1.54) is 15.9 Å². The van der Waals surface area contributed by atoms with Crippen molar-refractivity contribution >= 4 is 24.6 Å². The van der Waals surface area contributed by atoms with E-state index in [-0.39, 0.29) is 22.4 Å². The van der Waals surface area contributed by atoms with Crippen LogP contribution in [0.25, 0.3) is 0 Å². The molecule has 2 aliphatic rings. The summed E-state index contributed by atoms with van der Waals surface area (Å²) in [6.07, 6.45) is 2.94. The van der Waals surface area contributed by atoms with E-state index in [1.54, 1.807) is 0 Å². The van der Waals surface area contributed by atoms with Crippen molar-refractivity contribution in [3.8, 4) is 0 Å². The predicted octanol–water partition coefficient (Wildman–Crippen LogP) is 5.95. The molecule has 1 saturated heterocycles. The summed E-state index contributed by atoms with van der Waals surface area (Å²) in [4.78, 5) is 15.3. The van der Waals surface area contributed by atoms with Crippen LogP contribution in [0, 0.1) is 11.3 Å². The number of benzene rings is 3. The number of hydrogen-bond donors (Lipinski definition) is 0. The fourth-order valence-electron chi connectivity index (χ4n) is 6.27. The number of hydrogen-bond acceptors (Lipinski definition) is 2. The van der Waals surface area contributed by atoms with Gasteiger partial charge in [0.1, 0.15) is 0 Å². The minimum atomic E-state index is -2.58. The lowest BCUT2D eigenvalue weighted by molar-refractivity contribution is -0.129. The highest BCUT2D eigenvalue weighted by Crippen LogP contribution is 2.56. The van der Waals surface area contributed by atoms with Gasteiger partial charge in [0.2, 0.25) is 5.91 Å². The molecule has 3 aromatic carbocycles. The molecule has 36 heavy (non-hydrogen) atoms. The van der Waals surface area contributed by atoms with Crippen molar-refractivity contribution in [3.63, 3.8) is 0 Å². The Balaban J connectivity index is 1.42. The Morgan fingerprint density at radius 1 is 0.889 bits per heavy atom. The number of carbonyl (C=O) groups excluding carboxylic acids is 1. The third-order valence-electron chi connectivity index (χ3n) is 8.66. The zero-order valence-electron chi connectivity index (χ0n) is 22.1. The second-order valence-electron chi connectivity index (χ2n) is 11.8. The highest BCUT2D eigenvalue weighted by atomic mass is 28.4. The van der Waals surface area contributed by atoms with Gasteiger partial charge in [-0.2, -0.15) is 0 Å². The van der Waals surface area contributed by atoms with Gasteiger partial charge in [0, 0.05) is 19.6 Å². The van der Waals surface area contributed by atoms with E-state index in [4.69, 9.17) is 4.43 Å². The van der Waals surface area contributed by atoms with Crippen molar-refractivity contribution in [2.24, 2.45) is 11.3 Å². The maximum atomic E-state index is 13.2. The summed E-state index contributed by atoms with van der Waals surface area (Å²) < 4.78 is 7.33. The van der Waals surface area contributed by atoms with Gasteiger partial charge in [-0.3, -0.25) is 4.79 Å². The van der Waals surface area contributed by atoms with Crippen LogP contribution in [-0.2, 0) is 9.22 Å². The van der Waals surface area contributed by atoms with Crippen LogP contribution in [0.4, 0.5) is 0 Å². The Morgan fingerprint density at radius 3 is 1.86 bits per heavy atom. The molecule has 1 heterocycles. The molecule has 3 nitrogen and oxygen atoms in total. The number of amides is 1. The molecule has 1 saturated carbocycles. The molecular weight excluding hydrogens is 458 g/mol. The van der Waals surface area contributed by atoms with E-state index in [0.29, 0.717) is 12.3 Å². The molecule has 0 aromatic heterocycles. The van der Waals surface area contributed by atoms with Crippen molar-refractivity contribution in [2.45, 2.75) is 58.0 Å². The topological polar surface area (TPSA) is 29.5 Å². The molecule has 1 aliphatic heterocycles. The molecule has 1 amide bonds. The summed E-state index contributed by atoms with van der Waals surface area (Å²) in [7, 11) is -2.58. The van der Waals surface area contributed by atoms with Gasteiger partial charge in [0.05, 0.1) is 6.04 Å². The Morgan fingerprint density at radius 2 is 1.39 bits per heavy atom. The molecule has 0 radical (unpaired) electrons. The minimum absolute atomic E-state index is 0.0366. The molecule has 0 unspecified atom stereocenters. The molecule has 2 atom stereocenters. The number of rotatable bonds is 8. The van der Waals surface area contributed by atoms with Gasteiger partial charge >= 0.3 is 0 Å². The lowest BCUT2D eigenvalue weighted by atomic mass is 9.89. The van der Waals surface area contributed by atoms with E-state index < -0.39 is 8.32 Å². The largest absolute Gasteiger partial charge is 0.407 e. The molecule has 2 fully saturated rings. The van der Waals surface area contributed by atoms with Crippen LogP contribution in [-0.4, -0.2) is 32.3 Å². The monoisotopic (exact) mass is 497 g/mol. The Bertz CT molecular complexity index is 1130. The lowest BCUT2D eigenvalue weighted by Crippen LogP contribution is -2.67. The molecule has 0 N–H and O–H groups in total. The Hall–Kier alpha value is -2.69. The van der Waals surface area contributed by atoms with Crippen LogP contribution in [0.5, 0.6) is 0 Å². The molecule has 188 valence electrons. The van der Waals surface area contributed by atoms with E-state index in [9.17, 15) is 4.79 Å². The first-order chi connectivity index (χ1) is 17.3. The second-order valence-corrected chi connectivity index (χ2v) is 16.2. The Labute approximate surface area is 217 Å². The molecule has 3 aromatic rings. The normalized spacial score (nSPS) is 20.4. The number of nitrogens with zero attached hydrogens (tertiary/aromatic N) is 1. The minimum Gasteiger partial charge on any atom is -0.407 e. The van der Waals surface area contributed by atoms with Crippen LogP contribution in [0.3, 0.4) is 0 Å². The third kappa shape index (κ3) is 4.46. The quantitative estimate of drug-likeness (QED) is 0.360. The van der Waals surface area contributed by atoms with Gasteiger partial charge in [-0.25, -0.2) is 0 Å². The fraction of sp³-hybridized carbons (Fsp3) is 0.406. The predicted molar refractivity (Wildman–Crippen MR) is 150 cm³/mol. The Kier molecular flexibility index (Phi) is 6.69. The van der Waals surface area contributed by atoms with Gasteiger partial charge in [0.25, 0.3) is 8.32 Å². The van der Waals surface area contributed by atoms with Crippen molar-refractivity contribution in [1.82, 2.24) is 4.90 Å². The van der Waals surface area contributed by atoms with Gasteiger partial charge < -0.3 is 9.33 Å². The average molecular weight is 498 g/mol. The zero-order chi connectivity index (χ0) is 25.4. The van der Waals surface area contributed by atoms with E-state index in [2.05, 4.69) is 118 Å². The molecule has 1 aliphatic carbocycles. The van der Waals surface area contributed by atoms with Crippen LogP contribution in [0.1, 0.15) is 58.6 Å². The number of carbonyl (C=O) groups is 1. The number of likely N-dealkylation sites (tertiary alicyclic amines) is 1. The first kappa shape index (κ1) is 25.0. The van der Waals surface area contributed by atoms with Gasteiger partial charge in [-0.05, 0) is 52.1 Å². The molecule has 0 bridgehead atoms. The molecule has 5 rings (SSSR count). The van der Waals surface area contributed by atoms with Crippen molar-refractivity contribution in [2.75, 3.05) is 13.2 Å². The van der Waals surface area contributed by atoms with E-state index >= 15 is 0 Å². The fourth-order valence-corrected chi connectivity index (χ4v) is 10.9. The molecular formula is C32H39NO2Si. The van der Waals surface area contributed by atoms with Crippen LogP contribution in [0.2, 0.25) is 5.04 Å². The van der Waals surface area contributed by atoms with Crippen molar-refractivity contribution in [1.29, 1.82) is 0 Å². The smallest absolute Gasteiger partial charge is 0.261 e. The summed E-state index contributed by atoms with van der Waals surface area (Å²) in [5, 5.41) is 2.60. The molecule has 0 spiro atoms. The summed E-state index contributed by atoms with van der Waals surface area (Å²) in [6, 6.07) is 32.3. The van der Waals surface area contributed by atoms with Crippen LogP contribution in [0.15, 0.2) is 91.0 Å². The SMILES string of the molecule is C[C@@H](c1ccccc1)N1C[C@@H](C2(CO[Si](c3ccccc3)(c3ccccc3)C(C)(C)C)CC2)CC1=O. The maximum absolute atomic E-state index is 13.2. The first-order valence-corrected chi connectivity index (χ1v) is 15.3. The highest BCUT2D eigenvalue weighted by molar-refractivity contribution is 6.99. The van der Waals surface area contributed by atoms with Crippen molar-refractivity contribution < 1.29 is 9.22 Å². The summed E-state index contributed by atoms with van der Waals surface area (Å²) in [6.45, 7) is 10.7. The average Bonchev–Trinajstić information content (AvgIpc) is 3.58. The lowest BCUT2D eigenvalue weighted by Gasteiger charge is -2.44. The van der Waals surface area contributed by atoms with E-state index in [0.717, 1.165) is 26.0 Å². The summed E-state index contributed by atoms with van der Waals surface area (Å²) in [5.74, 6) is 0.641. The highest BCUT2D eigenvalue weighted by Gasteiger charge is 2.57. The maximum Gasteiger partial charge on any atom is 0.261 e. The molecule has 4 heteroatoms. The van der Waals surface area contributed by atoms with Gasteiger partial charge in [-0.15, -0.1) is 0 Å². The van der Waals surface area contributed by atoms with Gasteiger partial charge in [0.15, 0.2) is 0 Å². The first-order valence-electron chi connectivity index (χ1n) is 13.4. The second kappa shape index (κ2) is 9.64. The van der Waals surface area contributed by atoms with Crippen LogP contribution < -0.4 is 10.4 Å². The van der Waals surface area contributed by atoms with Crippen molar-refractivity contribution in [3.05, 3.63) is 96.6 Å². The standard InChI is InChI=1S/C32H39NO2Si/c1-25(26-14-8-5-9-15-26)33-23-27(22-30(33)34)32(20-21-32)24-35-36(31(2,3)4,28-16-10-6-11-17-28)29-18-12-7-13-19-29/h5-19,25,27H,20-24H2,1-4H3/t25-,27-/m0/s1. The van der Waals surface area contributed by atoms with E-state index in [1.807, 2.05) is 6.07 Å². The summed E-state index contributed by atoms with van der Waals surface area (Å²) in [5.41, 5.74) is 1.31. The third-order valence-corrected chi connectivity index (χ3v) is 13.6. The van der Waals surface area contributed by atoms with Gasteiger partial charge in [-0.1, -0.05) is 112 Å². The van der Waals surface area contributed by atoms with Crippen LogP contribution >= 0.6 is 0 Å².